The molecule has 2 aromatic rings. The van der Waals surface area contributed by atoms with Crippen molar-refractivity contribution in [3.05, 3.63) is 18.5 Å². The van der Waals surface area contributed by atoms with Crippen LogP contribution in [-0.2, 0) is 11.5 Å². The lowest BCUT2D eigenvalue weighted by Crippen LogP contribution is -2.49. The lowest BCUT2D eigenvalue weighted by atomic mass is 9.89. The number of amides is 2. The van der Waals surface area contributed by atoms with E-state index in [4.69, 9.17) is 4.74 Å². The summed E-state index contributed by atoms with van der Waals surface area (Å²) in [6.07, 6.45) is -0.831. The van der Waals surface area contributed by atoms with Crippen molar-refractivity contribution in [3.63, 3.8) is 0 Å². The fourth-order valence-electron chi connectivity index (χ4n) is 3.79. The summed E-state index contributed by atoms with van der Waals surface area (Å²) >= 11 is 0. The number of ether oxygens (including phenoxy) is 1. The van der Waals surface area contributed by atoms with Crippen LogP contribution in [0.2, 0.25) is 25.7 Å². The van der Waals surface area contributed by atoms with Crippen molar-refractivity contribution in [2.24, 2.45) is 5.92 Å². The zero-order chi connectivity index (χ0) is 24.1. The predicted molar refractivity (Wildman–Crippen MR) is 124 cm³/mol. The van der Waals surface area contributed by atoms with E-state index in [0.717, 1.165) is 19.0 Å². The molecule has 0 radical (unpaired) electrons. The second-order valence-electron chi connectivity index (χ2n) is 9.73. The zero-order valence-electron chi connectivity index (χ0n) is 19.3. The van der Waals surface area contributed by atoms with Gasteiger partial charge in [-0.3, -0.25) is 5.32 Å². The molecule has 12 heteroatoms. The summed E-state index contributed by atoms with van der Waals surface area (Å²) in [5.74, 6) is -0.111. The number of rotatable bonds is 9. The Bertz CT molecular complexity index is 925. The van der Waals surface area contributed by atoms with Crippen molar-refractivity contribution >= 4 is 31.1 Å². The summed E-state index contributed by atoms with van der Waals surface area (Å²) < 4.78 is 46.8. The van der Waals surface area contributed by atoms with Gasteiger partial charge >= 0.3 is 12.2 Å². The highest BCUT2D eigenvalue weighted by Crippen LogP contribution is 2.27. The SMILES string of the molecule is C[Si](C)(C)CCOCn1ccc2nc(NC(=O)NC(CC(F)(F)F)C3CCCNC3)cnc21. The normalized spacial score (nSPS) is 18.3. The summed E-state index contributed by atoms with van der Waals surface area (Å²) in [5, 5.41) is 8.11. The Balaban J connectivity index is 1.59. The van der Waals surface area contributed by atoms with Gasteiger partial charge in [0.15, 0.2) is 11.5 Å². The highest BCUT2D eigenvalue weighted by Gasteiger charge is 2.37. The highest BCUT2D eigenvalue weighted by atomic mass is 28.3. The maximum Gasteiger partial charge on any atom is 0.391 e. The number of fused-ring (bicyclic) bond motifs is 1. The molecule has 1 aliphatic heterocycles. The van der Waals surface area contributed by atoms with E-state index < -0.39 is 32.7 Å². The Morgan fingerprint density at radius 2 is 2.18 bits per heavy atom. The topological polar surface area (TPSA) is 93.1 Å². The van der Waals surface area contributed by atoms with Crippen LogP contribution in [0.25, 0.3) is 11.2 Å². The van der Waals surface area contributed by atoms with Crippen LogP contribution in [0.4, 0.5) is 23.8 Å². The van der Waals surface area contributed by atoms with E-state index in [-0.39, 0.29) is 11.7 Å². The Morgan fingerprint density at radius 1 is 1.39 bits per heavy atom. The van der Waals surface area contributed by atoms with Crippen LogP contribution >= 0.6 is 0 Å². The van der Waals surface area contributed by atoms with E-state index in [1.165, 1.54) is 6.20 Å². The van der Waals surface area contributed by atoms with Crippen LogP contribution in [0, 0.1) is 5.92 Å². The molecule has 3 heterocycles. The second-order valence-corrected chi connectivity index (χ2v) is 15.3. The van der Waals surface area contributed by atoms with Crippen LogP contribution in [0.1, 0.15) is 19.3 Å². The third-order valence-corrected chi connectivity index (χ3v) is 7.31. The maximum atomic E-state index is 13.1. The molecule has 1 aliphatic rings. The number of hydrogen-bond donors (Lipinski definition) is 3. The van der Waals surface area contributed by atoms with Crippen molar-refractivity contribution in [1.82, 2.24) is 25.2 Å². The minimum Gasteiger partial charge on any atom is -0.361 e. The Morgan fingerprint density at radius 3 is 2.85 bits per heavy atom. The second kappa shape index (κ2) is 10.8. The van der Waals surface area contributed by atoms with Crippen LogP contribution in [0.5, 0.6) is 0 Å². The van der Waals surface area contributed by atoms with Gasteiger partial charge in [0.05, 0.1) is 12.6 Å². The molecule has 184 valence electrons. The Labute approximate surface area is 192 Å². The molecular formula is C21H33F3N6O2Si. The van der Waals surface area contributed by atoms with Gasteiger partial charge in [-0.15, -0.1) is 0 Å². The van der Waals surface area contributed by atoms with Crippen molar-refractivity contribution in [1.29, 1.82) is 0 Å². The number of nitrogens with zero attached hydrogens (tertiary/aromatic N) is 3. The Kier molecular flexibility index (Phi) is 8.35. The molecule has 33 heavy (non-hydrogen) atoms. The molecule has 3 N–H and O–H groups in total. The third-order valence-electron chi connectivity index (χ3n) is 5.60. The van der Waals surface area contributed by atoms with Gasteiger partial charge in [-0.05, 0) is 44.0 Å². The van der Waals surface area contributed by atoms with Gasteiger partial charge in [-0.25, -0.2) is 14.8 Å². The standard InChI is InChI=1S/C21H33F3N6O2Si/c1-33(2,3)10-9-32-14-30-8-6-16-19(30)26-13-18(27-16)29-20(31)28-17(11-21(22,23)24)15-5-4-7-25-12-15/h6,8,13,15,17,25H,4-5,7,9-12,14H2,1-3H3,(H2,27,28,29,31). The average Bonchev–Trinajstić information content (AvgIpc) is 3.12. The first-order valence-electron chi connectivity index (χ1n) is 11.2. The van der Waals surface area contributed by atoms with E-state index in [0.29, 0.717) is 37.5 Å². The van der Waals surface area contributed by atoms with Gasteiger partial charge in [-0.1, -0.05) is 19.6 Å². The molecule has 1 fully saturated rings. The molecule has 1 saturated heterocycles. The summed E-state index contributed by atoms with van der Waals surface area (Å²) in [6.45, 7) is 9.11. The molecule has 2 amide bonds. The first-order chi connectivity index (χ1) is 15.5. The molecular weight excluding hydrogens is 453 g/mol. The monoisotopic (exact) mass is 486 g/mol. The highest BCUT2D eigenvalue weighted by molar-refractivity contribution is 6.76. The van der Waals surface area contributed by atoms with Crippen molar-refractivity contribution < 1.29 is 22.7 Å². The largest absolute Gasteiger partial charge is 0.391 e. The first kappa shape index (κ1) is 25.4. The smallest absolute Gasteiger partial charge is 0.361 e. The Hall–Kier alpha value is -2.18. The summed E-state index contributed by atoms with van der Waals surface area (Å²) in [6, 6.07) is 1.09. The van der Waals surface area contributed by atoms with E-state index in [1.807, 2.05) is 4.57 Å². The number of alkyl halides is 3. The molecule has 0 saturated carbocycles. The summed E-state index contributed by atoms with van der Waals surface area (Å²) in [4.78, 5) is 21.2. The molecule has 2 unspecified atom stereocenters. The molecule has 2 aromatic heterocycles. The number of carbonyl (C=O) groups is 1. The van der Waals surface area contributed by atoms with Crippen molar-refractivity contribution in [2.75, 3.05) is 25.0 Å². The molecule has 0 spiro atoms. The van der Waals surface area contributed by atoms with Gasteiger partial charge < -0.3 is 19.9 Å². The van der Waals surface area contributed by atoms with E-state index in [9.17, 15) is 18.0 Å². The first-order valence-corrected chi connectivity index (χ1v) is 15.0. The fraction of sp³-hybridized carbons (Fsp3) is 0.667. The molecule has 0 aliphatic carbocycles. The average molecular weight is 487 g/mol. The minimum absolute atomic E-state index is 0.171. The lowest BCUT2D eigenvalue weighted by molar-refractivity contribution is -0.142. The van der Waals surface area contributed by atoms with Crippen LogP contribution in [0.3, 0.4) is 0 Å². The minimum atomic E-state index is -4.37. The quantitative estimate of drug-likeness (QED) is 0.365. The summed E-state index contributed by atoms with van der Waals surface area (Å²) in [7, 11) is -1.17. The number of piperidine rings is 1. The number of aromatic nitrogens is 3. The molecule has 8 nitrogen and oxygen atoms in total. The maximum absolute atomic E-state index is 13.1. The molecule has 0 bridgehead atoms. The van der Waals surface area contributed by atoms with Gasteiger partial charge in [-0.2, -0.15) is 13.2 Å². The molecule has 0 aromatic carbocycles. The van der Waals surface area contributed by atoms with E-state index in [2.05, 4.69) is 45.6 Å². The molecule has 2 atom stereocenters. The van der Waals surface area contributed by atoms with Gasteiger partial charge in [0.1, 0.15) is 12.2 Å². The number of carbonyl (C=O) groups excluding carboxylic acids is 1. The lowest BCUT2D eigenvalue weighted by Gasteiger charge is -2.32. The predicted octanol–water partition coefficient (Wildman–Crippen LogP) is 4.19. The number of urea groups is 1. The van der Waals surface area contributed by atoms with Gasteiger partial charge in [0, 0.05) is 26.9 Å². The summed E-state index contributed by atoms with van der Waals surface area (Å²) in [5.41, 5.74) is 1.17. The number of anilines is 1. The van der Waals surface area contributed by atoms with Crippen LogP contribution in [-0.4, -0.2) is 60.6 Å². The molecule has 3 rings (SSSR count). The van der Waals surface area contributed by atoms with Crippen molar-refractivity contribution in [3.8, 4) is 0 Å². The third kappa shape index (κ3) is 8.27. The van der Waals surface area contributed by atoms with Crippen LogP contribution in [0.15, 0.2) is 18.5 Å². The fourth-order valence-corrected chi connectivity index (χ4v) is 4.55. The van der Waals surface area contributed by atoms with Gasteiger partial charge in [0.2, 0.25) is 0 Å². The zero-order valence-corrected chi connectivity index (χ0v) is 20.3. The van der Waals surface area contributed by atoms with E-state index >= 15 is 0 Å². The van der Waals surface area contributed by atoms with Crippen molar-refractivity contribution in [2.45, 2.75) is 63.9 Å². The number of hydrogen-bond acceptors (Lipinski definition) is 5. The number of halogens is 3. The van der Waals surface area contributed by atoms with E-state index in [1.54, 1.807) is 12.3 Å². The van der Waals surface area contributed by atoms with Crippen LogP contribution < -0.4 is 16.0 Å². The van der Waals surface area contributed by atoms with Gasteiger partial charge in [0.25, 0.3) is 0 Å². The number of nitrogens with one attached hydrogen (secondary N) is 3.